The molecule has 3 rings (SSSR count). The number of benzene rings is 2. The van der Waals surface area contributed by atoms with E-state index in [-0.39, 0.29) is 19.1 Å². The lowest BCUT2D eigenvalue weighted by molar-refractivity contribution is -0.154. The maximum absolute atomic E-state index is 12.8. The Labute approximate surface area is 145 Å². The highest BCUT2D eigenvalue weighted by Crippen LogP contribution is 2.31. The largest absolute Gasteiger partial charge is 0.496 e. The van der Waals surface area contributed by atoms with Crippen molar-refractivity contribution in [3.8, 4) is 16.9 Å². The summed E-state index contributed by atoms with van der Waals surface area (Å²) in [5.41, 5.74) is 2.25. The molecular formula is C19H19NO5. The molecule has 0 aliphatic carbocycles. The topological polar surface area (TPSA) is 76.1 Å². The SMILES string of the molecule is COc1ccc(C(=O)N2CCO[C@@H](C(=O)O)C2)cc1-c1ccccc1. The molecule has 0 aromatic heterocycles. The molecule has 0 saturated carbocycles. The van der Waals surface area contributed by atoms with Crippen LogP contribution in [0.1, 0.15) is 10.4 Å². The zero-order valence-electron chi connectivity index (χ0n) is 13.8. The second-order valence-corrected chi connectivity index (χ2v) is 5.73. The van der Waals surface area contributed by atoms with Crippen molar-refractivity contribution in [3.05, 3.63) is 54.1 Å². The standard InChI is InChI=1S/C19H19NO5/c1-24-16-8-7-14(11-15(16)13-5-3-2-4-6-13)18(21)20-9-10-25-17(12-20)19(22)23/h2-8,11,17H,9-10,12H2,1H3,(H,22,23)/t17-/m1/s1. The maximum Gasteiger partial charge on any atom is 0.334 e. The fourth-order valence-electron chi connectivity index (χ4n) is 2.85. The second kappa shape index (κ2) is 7.36. The Morgan fingerprint density at radius 1 is 1.20 bits per heavy atom. The average Bonchev–Trinajstić information content (AvgIpc) is 2.67. The van der Waals surface area contributed by atoms with Gasteiger partial charge in [-0.05, 0) is 23.8 Å². The summed E-state index contributed by atoms with van der Waals surface area (Å²) in [6, 6.07) is 14.9. The van der Waals surface area contributed by atoms with Crippen molar-refractivity contribution in [3.63, 3.8) is 0 Å². The van der Waals surface area contributed by atoms with Gasteiger partial charge in [-0.15, -0.1) is 0 Å². The van der Waals surface area contributed by atoms with Gasteiger partial charge in [-0.1, -0.05) is 30.3 Å². The van der Waals surface area contributed by atoms with Gasteiger partial charge in [0.25, 0.3) is 5.91 Å². The number of methoxy groups -OCH3 is 1. The normalized spacial score (nSPS) is 17.2. The second-order valence-electron chi connectivity index (χ2n) is 5.73. The van der Waals surface area contributed by atoms with E-state index in [0.29, 0.717) is 17.9 Å². The summed E-state index contributed by atoms with van der Waals surface area (Å²) < 4.78 is 10.6. The average molecular weight is 341 g/mol. The molecule has 25 heavy (non-hydrogen) atoms. The number of hydrogen-bond acceptors (Lipinski definition) is 4. The molecule has 1 aliphatic heterocycles. The van der Waals surface area contributed by atoms with E-state index in [4.69, 9.17) is 14.6 Å². The third-order valence-corrected chi connectivity index (χ3v) is 4.16. The van der Waals surface area contributed by atoms with Gasteiger partial charge < -0.3 is 19.5 Å². The number of amides is 1. The highest BCUT2D eigenvalue weighted by molar-refractivity contribution is 5.96. The number of aliphatic carboxylic acids is 1. The summed E-state index contributed by atoms with van der Waals surface area (Å²) in [5.74, 6) is -0.597. The molecule has 1 aliphatic rings. The van der Waals surface area contributed by atoms with Crippen molar-refractivity contribution in [2.24, 2.45) is 0 Å². The van der Waals surface area contributed by atoms with Gasteiger partial charge in [0.1, 0.15) is 5.75 Å². The van der Waals surface area contributed by atoms with Gasteiger partial charge in [-0.2, -0.15) is 0 Å². The van der Waals surface area contributed by atoms with E-state index < -0.39 is 12.1 Å². The Morgan fingerprint density at radius 3 is 2.64 bits per heavy atom. The first-order valence-electron chi connectivity index (χ1n) is 7.97. The smallest absolute Gasteiger partial charge is 0.334 e. The summed E-state index contributed by atoms with van der Waals surface area (Å²) in [6.45, 7) is 0.626. The van der Waals surface area contributed by atoms with Crippen molar-refractivity contribution in [2.45, 2.75) is 6.10 Å². The van der Waals surface area contributed by atoms with Gasteiger partial charge >= 0.3 is 5.97 Å². The molecule has 1 heterocycles. The third kappa shape index (κ3) is 3.64. The summed E-state index contributed by atoms with van der Waals surface area (Å²) in [4.78, 5) is 25.4. The zero-order chi connectivity index (χ0) is 17.8. The summed E-state index contributed by atoms with van der Waals surface area (Å²) in [5, 5.41) is 9.09. The molecule has 2 aromatic rings. The quantitative estimate of drug-likeness (QED) is 0.923. The number of carbonyl (C=O) groups is 2. The predicted molar refractivity (Wildman–Crippen MR) is 91.7 cm³/mol. The van der Waals surface area contributed by atoms with Crippen LogP contribution in [0, 0.1) is 0 Å². The first-order valence-corrected chi connectivity index (χ1v) is 7.97. The molecule has 0 radical (unpaired) electrons. The fourth-order valence-corrected chi connectivity index (χ4v) is 2.85. The summed E-state index contributed by atoms with van der Waals surface area (Å²) >= 11 is 0. The lowest BCUT2D eigenvalue weighted by atomic mass is 10.0. The summed E-state index contributed by atoms with van der Waals surface area (Å²) in [7, 11) is 1.59. The van der Waals surface area contributed by atoms with Gasteiger partial charge in [0, 0.05) is 17.7 Å². The monoisotopic (exact) mass is 341 g/mol. The van der Waals surface area contributed by atoms with Gasteiger partial charge in [0.15, 0.2) is 6.10 Å². The van der Waals surface area contributed by atoms with E-state index in [9.17, 15) is 9.59 Å². The minimum absolute atomic E-state index is 0.0425. The van der Waals surface area contributed by atoms with Gasteiger partial charge in [-0.25, -0.2) is 4.79 Å². The predicted octanol–water partition coefficient (Wildman–Crippen LogP) is 2.29. The first kappa shape index (κ1) is 17.0. The molecule has 1 fully saturated rings. The lowest BCUT2D eigenvalue weighted by Crippen LogP contribution is -2.48. The van der Waals surface area contributed by atoms with Crippen LogP contribution in [0.4, 0.5) is 0 Å². The van der Waals surface area contributed by atoms with Crippen LogP contribution in [-0.2, 0) is 9.53 Å². The van der Waals surface area contributed by atoms with Crippen LogP contribution in [0.15, 0.2) is 48.5 Å². The molecule has 2 aromatic carbocycles. The Morgan fingerprint density at radius 2 is 1.96 bits per heavy atom. The fraction of sp³-hybridized carbons (Fsp3) is 0.263. The van der Waals surface area contributed by atoms with Gasteiger partial charge in [0.2, 0.25) is 0 Å². The van der Waals surface area contributed by atoms with Crippen LogP contribution in [0.2, 0.25) is 0 Å². The number of carboxylic acid groups (broad SMARTS) is 1. The van der Waals surface area contributed by atoms with Crippen LogP contribution < -0.4 is 4.74 Å². The highest BCUT2D eigenvalue weighted by Gasteiger charge is 2.29. The van der Waals surface area contributed by atoms with Crippen molar-refractivity contribution in [2.75, 3.05) is 26.8 Å². The number of hydrogen-bond donors (Lipinski definition) is 1. The lowest BCUT2D eigenvalue weighted by Gasteiger charge is -2.31. The third-order valence-electron chi connectivity index (χ3n) is 4.16. The number of nitrogens with zero attached hydrogens (tertiary/aromatic N) is 1. The molecule has 130 valence electrons. The van der Waals surface area contributed by atoms with Crippen molar-refractivity contribution < 1.29 is 24.2 Å². The summed E-state index contributed by atoms with van der Waals surface area (Å²) in [6.07, 6.45) is -0.982. The maximum atomic E-state index is 12.8. The van der Waals surface area contributed by atoms with Crippen LogP contribution in [0.3, 0.4) is 0 Å². The minimum Gasteiger partial charge on any atom is -0.496 e. The number of ether oxygens (including phenoxy) is 2. The highest BCUT2D eigenvalue weighted by atomic mass is 16.5. The Bertz CT molecular complexity index is 775. The zero-order valence-corrected chi connectivity index (χ0v) is 13.8. The molecule has 0 bridgehead atoms. The molecule has 0 spiro atoms. The molecule has 6 heteroatoms. The minimum atomic E-state index is -1.06. The van der Waals surface area contributed by atoms with Crippen LogP contribution in [0.25, 0.3) is 11.1 Å². The van der Waals surface area contributed by atoms with E-state index in [2.05, 4.69) is 0 Å². The Balaban J connectivity index is 1.90. The van der Waals surface area contributed by atoms with Crippen LogP contribution in [0.5, 0.6) is 5.75 Å². The van der Waals surface area contributed by atoms with Crippen LogP contribution >= 0.6 is 0 Å². The van der Waals surface area contributed by atoms with Crippen molar-refractivity contribution in [1.82, 2.24) is 4.90 Å². The number of morpholine rings is 1. The number of carbonyl (C=O) groups excluding carboxylic acids is 1. The van der Waals surface area contributed by atoms with E-state index in [1.807, 2.05) is 30.3 Å². The molecule has 6 nitrogen and oxygen atoms in total. The molecule has 0 unspecified atom stereocenters. The molecular weight excluding hydrogens is 322 g/mol. The number of carboxylic acids is 1. The Kier molecular flexibility index (Phi) is 5.00. The molecule has 1 saturated heterocycles. The molecule has 1 amide bonds. The van der Waals surface area contributed by atoms with E-state index in [1.165, 1.54) is 4.90 Å². The van der Waals surface area contributed by atoms with Crippen molar-refractivity contribution in [1.29, 1.82) is 0 Å². The molecule has 1 N–H and O–H groups in total. The first-order chi connectivity index (χ1) is 12.1. The van der Waals surface area contributed by atoms with Gasteiger partial charge in [-0.3, -0.25) is 4.79 Å². The molecule has 1 atom stereocenters. The number of rotatable bonds is 4. The van der Waals surface area contributed by atoms with E-state index in [0.717, 1.165) is 11.1 Å². The Hall–Kier alpha value is -2.86. The van der Waals surface area contributed by atoms with Crippen LogP contribution in [-0.4, -0.2) is 54.8 Å². The van der Waals surface area contributed by atoms with E-state index >= 15 is 0 Å². The van der Waals surface area contributed by atoms with E-state index in [1.54, 1.807) is 25.3 Å². The van der Waals surface area contributed by atoms with Gasteiger partial charge in [0.05, 0.1) is 20.3 Å². The van der Waals surface area contributed by atoms with Crippen molar-refractivity contribution >= 4 is 11.9 Å².